The first kappa shape index (κ1) is 14.2. The molecule has 1 atom stereocenters. The number of nitrogens with two attached hydrogens (primary N) is 1. The summed E-state index contributed by atoms with van der Waals surface area (Å²) in [4.78, 5) is 11.4. The Morgan fingerprint density at radius 2 is 2.07 bits per heavy atom. The highest BCUT2D eigenvalue weighted by molar-refractivity contribution is 5.73. The van der Waals surface area contributed by atoms with Crippen molar-refractivity contribution >= 4 is 5.97 Å². The van der Waals surface area contributed by atoms with Crippen LogP contribution in [-0.2, 0) is 4.79 Å². The highest BCUT2D eigenvalue weighted by atomic mass is 19.4. The van der Waals surface area contributed by atoms with Crippen LogP contribution in [-0.4, -0.2) is 47.8 Å². The second-order valence-corrected chi connectivity index (χ2v) is 3.30. The van der Waals surface area contributed by atoms with Crippen LogP contribution in [0.4, 0.5) is 13.2 Å². The van der Waals surface area contributed by atoms with Crippen molar-refractivity contribution < 1.29 is 23.1 Å². The molecule has 90 valence electrons. The highest BCUT2D eigenvalue weighted by Crippen LogP contribution is 2.16. The van der Waals surface area contributed by atoms with E-state index in [-0.39, 0.29) is 13.1 Å². The van der Waals surface area contributed by atoms with Crippen LogP contribution in [0.2, 0.25) is 0 Å². The van der Waals surface area contributed by atoms with Gasteiger partial charge >= 0.3 is 12.1 Å². The average Bonchev–Trinajstić information content (AvgIpc) is 2.00. The first-order valence-electron chi connectivity index (χ1n) is 4.53. The normalized spacial score (nSPS) is 14.3. The minimum absolute atomic E-state index is 0.181. The Labute approximate surface area is 85.8 Å². The van der Waals surface area contributed by atoms with Gasteiger partial charge in [0, 0.05) is 6.54 Å². The van der Waals surface area contributed by atoms with E-state index in [9.17, 15) is 18.0 Å². The molecule has 0 aromatic rings. The zero-order valence-corrected chi connectivity index (χ0v) is 8.42. The summed E-state index contributed by atoms with van der Waals surface area (Å²) in [5, 5.41) is 8.46. The summed E-state index contributed by atoms with van der Waals surface area (Å²) < 4.78 is 36.2. The SMILES string of the molecule is CCCN(CC(N)C(=O)O)CC(F)(F)F. The summed E-state index contributed by atoms with van der Waals surface area (Å²) in [7, 11) is 0. The van der Waals surface area contributed by atoms with Crippen LogP contribution in [0.3, 0.4) is 0 Å². The summed E-state index contributed by atoms with van der Waals surface area (Å²) in [5.74, 6) is -1.29. The van der Waals surface area contributed by atoms with Gasteiger partial charge in [-0.1, -0.05) is 6.92 Å². The molecule has 0 bridgehead atoms. The first-order valence-corrected chi connectivity index (χ1v) is 4.53. The number of carboxylic acid groups (broad SMARTS) is 1. The Kier molecular flexibility index (Phi) is 5.59. The Hall–Kier alpha value is -0.820. The lowest BCUT2D eigenvalue weighted by Crippen LogP contribution is -2.46. The molecule has 0 saturated carbocycles. The van der Waals surface area contributed by atoms with Crippen LogP contribution in [0.15, 0.2) is 0 Å². The lowest BCUT2D eigenvalue weighted by atomic mass is 10.2. The molecule has 7 heteroatoms. The minimum Gasteiger partial charge on any atom is -0.480 e. The van der Waals surface area contributed by atoms with Gasteiger partial charge < -0.3 is 10.8 Å². The fourth-order valence-corrected chi connectivity index (χ4v) is 1.16. The second-order valence-electron chi connectivity index (χ2n) is 3.30. The lowest BCUT2D eigenvalue weighted by Gasteiger charge is -2.24. The third-order valence-electron chi connectivity index (χ3n) is 1.71. The van der Waals surface area contributed by atoms with Gasteiger partial charge in [0.25, 0.3) is 0 Å². The van der Waals surface area contributed by atoms with Gasteiger partial charge in [-0.3, -0.25) is 9.69 Å². The molecule has 0 amide bonds. The topological polar surface area (TPSA) is 66.6 Å². The maximum absolute atomic E-state index is 12.1. The van der Waals surface area contributed by atoms with E-state index in [2.05, 4.69) is 0 Å². The van der Waals surface area contributed by atoms with Crippen molar-refractivity contribution in [1.82, 2.24) is 4.90 Å². The van der Waals surface area contributed by atoms with Gasteiger partial charge in [-0.25, -0.2) is 0 Å². The second kappa shape index (κ2) is 5.92. The van der Waals surface area contributed by atoms with E-state index >= 15 is 0 Å². The van der Waals surface area contributed by atoms with Gasteiger partial charge in [0.2, 0.25) is 0 Å². The number of aliphatic carboxylic acids is 1. The molecule has 0 aliphatic carbocycles. The molecule has 0 aliphatic heterocycles. The third kappa shape index (κ3) is 7.15. The van der Waals surface area contributed by atoms with Crippen LogP contribution in [0.5, 0.6) is 0 Å². The van der Waals surface area contributed by atoms with Gasteiger partial charge in [0.05, 0.1) is 6.54 Å². The molecule has 0 spiro atoms. The number of halogens is 3. The lowest BCUT2D eigenvalue weighted by molar-refractivity contribution is -0.150. The van der Waals surface area contributed by atoms with Gasteiger partial charge in [-0.15, -0.1) is 0 Å². The van der Waals surface area contributed by atoms with Crippen molar-refractivity contribution in [3.63, 3.8) is 0 Å². The monoisotopic (exact) mass is 228 g/mol. The van der Waals surface area contributed by atoms with Crippen LogP contribution >= 0.6 is 0 Å². The fraction of sp³-hybridized carbons (Fsp3) is 0.875. The van der Waals surface area contributed by atoms with Crippen LogP contribution in [0.25, 0.3) is 0 Å². The van der Waals surface area contributed by atoms with Crippen LogP contribution in [0, 0.1) is 0 Å². The molecule has 0 fully saturated rings. The number of hydrogen-bond acceptors (Lipinski definition) is 3. The summed E-state index contributed by atoms with van der Waals surface area (Å²) in [6, 6.07) is -1.28. The third-order valence-corrected chi connectivity index (χ3v) is 1.71. The van der Waals surface area contributed by atoms with E-state index in [4.69, 9.17) is 10.8 Å². The number of rotatable bonds is 6. The fourth-order valence-electron chi connectivity index (χ4n) is 1.16. The van der Waals surface area contributed by atoms with E-state index < -0.39 is 24.7 Å². The molecule has 0 aliphatic rings. The maximum Gasteiger partial charge on any atom is 0.401 e. The molecule has 0 heterocycles. The number of carbonyl (C=O) groups is 1. The average molecular weight is 228 g/mol. The largest absolute Gasteiger partial charge is 0.480 e. The van der Waals surface area contributed by atoms with Crippen molar-refractivity contribution in [2.24, 2.45) is 5.73 Å². The predicted molar refractivity (Wildman–Crippen MR) is 48.4 cm³/mol. The summed E-state index contributed by atoms with van der Waals surface area (Å²) in [5.41, 5.74) is 5.16. The van der Waals surface area contributed by atoms with E-state index in [0.717, 1.165) is 4.90 Å². The summed E-state index contributed by atoms with van der Waals surface area (Å²) in [6.45, 7) is 0.487. The smallest absolute Gasteiger partial charge is 0.401 e. The number of nitrogens with zero attached hydrogens (tertiary/aromatic N) is 1. The van der Waals surface area contributed by atoms with Crippen molar-refractivity contribution in [2.45, 2.75) is 25.6 Å². The molecule has 15 heavy (non-hydrogen) atoms. The van der Waals surface area contributed by atoms with Gasteiger partial charge in [-0.05, 0) is 13.0 Å². The molecule has 1 unspecified atom stereocenters. The number of carboxylic acids is 1. The van der Waals surface area contributed by atoms with Crippen molar-refractivity contribution in [3.05, 3.63) is 0 Å². The predicted octanol–water partition coefficient (Wildman–Crippen LogP) is 0.673. The Bertz CT molecular complexity index is 209. The zero-order valence-electron chi connectivity index (χ0n) is 8.42. The quantitative estimate of drug-likeness (QED) is 0.701. The van der Waals surface area contributed by atoms with E-state index in [1.54, 1.807) is 6.92 Å². The molecule has 0 rings (SSSR count). The maximum atomic E-state index is 12.1. The van der Waals surface area contributed by atoms with Crippen molar-refractivity contribution in [2.75, 3.05) is 19.6 Å². The summed E-state index contributed by atoms with van der Waals surface area (Å²) >= 11 is 0. The number of hydrogen-bond donors (Lipinski definition) is 2. The highest BCUT2D eigenvalue weighted by Gasteiger charge is 2.31. The van der Waals surface area contributed by atoms with E-state index in [0.29, 0.717) is 6.42 Å². The van der Waals surface area contributed by atoms with Crippen molar-refractivity contribution in [1.29, 1.82) is 0 Å². The van der Waals surface area contributed by atoms with Gasteiger partial charge in [0.15, 0.2) is 0 Å². The minimum atomic E-state index is -4.33. The molecular formula is C8H15F3N2O2. The van der Waals surface area contributed by atoms with Gasteiger partial charge in [-0.2, -0.15) is 13.2 Å². The molecular weight excluding hydrogens is 213 g/mol. The van der Waals surface area contributed by atoms with Crippen LogP contribution < -0.4 is 5.73 Å². The zero-order chi connectivity index (χ0) is 12.1. The Morgan fingerprint density at radius 3 is 2.40 bits per heavy atom. The summed E-state index contributed by atoms with van der Waals surface area (Å²) in [6.07, 6.45) is -3.81. The van der Waals surface area contributed by atoms with E-state index in [1.165, 1.54) is 0 Å². The van der Waals surface area contributed by atoms with Gasteiger partial charge in [0.1, 0.15) is 6.04 Å². The first-order chi connectivity index (χ1) is 6.76. The standard InChI is InChI=1S/C8H15F3N2O2/c1-2-3-13(5-8(9,10)11)4-6(12)7(14)15/h6H,2-5,12H2,1H3,(H,14,15). The molecule has 0 aromatic carbocycles. The van der Waals surface area contributed by atoms with Crippen LogP contribution in [0.1, 0.15) is 13.3 Å². The molecule has 0 aromatic heterocycles. The number of alkyl halides is 3. The molecule has 0 saturated heterocycles. The van der Waals surface area contributed by atoms with E-state index in [1.807, 2.05) is 0 Å². The molecule has 4 nitrogen and oxygen atoms in total. The molecule has 0 radical (unpaired) electrons. The molecule has 3 N–H and O–H groups in total. The van der Waals surface area contributed by atoms with Crippen molar-refractivity contribution in [3.8, 4) is 0 Å². The Balaban J connectivity index is 4.21. The Morgan fingerprint density at radius 1 is 1.53 bits per heavy atom.